The molecule has 19 nitrogen and oxygen atoms in total. The molecule has 2 amide bonds. The highest BCUT2D eigenvalue weighted by molar-refractivity contribution is 6.04. The Morgan fingerprint density at radius 3 is 2.36 bits per heavy atom. The molecular weight excluding hydrogens is 1030 g/mol. The molecule has 7 heterocycles. The van der Waals surface area contributed by atoms with Crippen molar-refractivity contribution in [3.63, 3.8) is 0 Å². The van der Waals surface area contributed by atoms with Gasteiger partial charge in [0.2, 0.25) is 11.8 Å². The molecule has 420 valence electrons. The molecule has 7 atom stereocenters. The Morgan fingerprint density at radius 2 is 1.65 bits per heavy atom. The van der Waals surface area contributed by atoms with Crippen LogP contribution in [0.4, 0.5) is 10.2 Å². The van der Waals surface area contributed by atoms with Crippen LogP contribution in [0, 0.1) is 11.7 Å². The van der Waals surface area contributed by atoms with E-state index in [0.29, 0.717) is 85.4 Å². The number of ether oxygens (including phenoxy) is 3. The van der Waals surface area contributed by atoms with Crippen LogP contribution < -0.4 is 25.0 Å². The first-order valence-electron chi connectivity index (χ1n) is 27.6. The van der Waals surface area contributed by atoms with Crippen molar-refractivity contribution < 1.29 is 43.5 Å². The first-order chi connectivity index (χ1) is 39.3. The molecule has 8 aromatic rings. The van der Waals surface area contributed by atoms with E-state index in [2.05, 4.69) is 30.8 Å². The molecule has 5 N–H and O–H groups in total. The summed E-state index contributed by atoms with van der Waals surface area (Å²) in [5.74, 6) is -0.644. The topological polar surface area (TPSA) is 235 Å². The number of hydrogen-bond acceptors (Lipinski definition) is 16. The second-order valence-electron chi connectivity index (χ2n) is 21.6. The van der Waals surface area contributed by atoms with Crippen LogP contribution in [0.3, 0.4) is 0 Å². The van der Waals surface area contributed by atoms with E-state index < -0.39 is 36.0 Å². The molecule has 11 rings (SSSR count). The number of likely N-dealkylation sites (tertiary alicyclic amines) is 1. The van der Waals surface area contributed by atoms with Crippen molar-refractivity contribution in [2.24, 2.45) is 5.92 Å². The van der Waals surface area contributed by atoms with Gasteiger partial charge in [0, 0.05) is 74.3 Å². The number of aryl methyl sites for hydroxylation is 1. The molecule has 2 unspecified atom stereocenters. The summed E-state index contributed by atoms with van der Waals surface area (Å²) in [5, 5.41) is 49.9. The molecule has 4 aromatic heterocycles. The normalized spacial score (nSPS) is 19.1. The van der Waals surface area contributed by atoms with Gasteiger partial charge in [-0.1, -0.05) is 86.6 Å². The number of carbonyl (C=O) groups excluding carboxylic acids is 2. The number of pyridine rings is 2. The number of carbonyl (C=O) groups is 2. The van der Waals surface area contributed by atoms with Gasteiger partial charge >= 0.3 is 6.01 Å². The summed E-state index contributed by atoms with van der Waals surface area (Å²) >= 11 is 0. The zero-order valence-electron chi connectivity index (χ0n) is 45.9. The number of anilines is 1. The molecular formula is C61H66FN11O8. The van der Waals surface area contributed by atoms with Crippen molar-refractivity contribution in [1.29, 1.82) is 0 Å². The van der Waals surface area contributed by atoms with Crippen molar-refractivity contribution in [2.45, 2.75) is 102 Å². The quantitative estimate of drug-likeness (QED) is 0.0527. The summed E-state index contributed by atoms with van der Waals surface area (Å²) in [7, 11) is 1.61. The molecule has 0 radical (unpaired) electrons. The number of phenols is 1. The van der Waals surface area contributed by atoms with Gasteiger partial charge in [-0.3, -0.25) is 19.6 Å². The number of nitrogens with one attached hydrogen (secondary N) is 2. The molecule has 3 aliphatic rings. The highest BCUT2D eigenvalue weighted by Gasteiger charge is 2.43. The molecule has 4 aromatic carbocycles. The molecule has 81 heavy (non-hydrogen) atoms. The van der Waals surface area contributed by atoms with Crippen molar-refractivity contribution >= 4 is 39.3 Å². The van der Waals surface area contributed by atoms with Crippen LogP contribution >= 0.6 is 0 Å². The predicted molar refractivity (Wildman–Crippen MR) is 303 cm³/mol. The van der Waals surface area contributed by atoms with Gasteiger partial charge in [0.25, 0.3) is 0 Å². The first-order valence-corrected chi connectivity index (χ1v) is 27.6. The maximum Gasteiger partial charge on any atom is 0.319 e. The molecule has 2 bridgehead atoms. The van der Waals surface area contributed by atoms with Crippen LogP contribution in [-0.2, 0) is 27.4 Å². The summed E-state index contributed by atoms with van der Waals surface area (Å²) < 4.78 is 35.8. The minimum atomic E-state index is -0.998. The number of aliphatic hydroxyl groups excluding tert-OH is 2. The largest absolute Gasteiger partial charge is 0.508 e. The number of rotatable bonds is 19. The molecule has 3 saturated heterocycles. The van der Waals surface area contributed by atoms with Crippen molar-refractivity contribution in [3.8, 4) is 51.3 Å². The Hall–Kier alpha value is -8.17. The molecule has 3 fully saturated rings. The van der Waals surface area contributed by atoms with E-state index >= 15 is 4.39 Å². The molecule has 0 aliphatic carbocycles. The zero-order chi connectivity index (χ0) is 56.5. The number of methoxy groups -OCH3 is 1. The fraction of sp³-hybridized carbons (Fsp3) is 0.377. The van der Waals surface area contributed by atoms with Crippen LogP contribution in [0.25, 0.3) is 55.4 Å². The highest BCUT2D eigenvalue weighted by atomic mass is 19.1. The summed E-state index contributed by atoms with van der Waals surface area (Å²) in [6.45, 7) is 8.78. The van der Waals surface area contributed by atoms with Crippen molar-refractivity contribution in [1.82, 2.24) is 50.5 Å². The maximum atomic E-state index is 15.7. The predicted octanol–water partition coefficient (Wildman–Crippen LogP) is 7.51. The Labute approximate surface area is 468 Å². The molecule has 0 spiro atoms. The number of nitrogens with zero attached hydrogens (tertiary/aromatic N) is 9. The lowest BCUT2D eigenvalue weighted by Crippen LogP contribution is -2.51. The van der Waals surface area contributed by atoms with Gasteiger partial charge in [0.1, 0.15) is 59.6 Å². The molecule has 3 aliphatic heterocycles. The molecule has 20 heteroatoms. The van der Waals surface area contributed by atoms with Gasteiger partial charge in [0.05, 0.1) is 42.1 Å². The van der Waals surface area contributed by atoms with Crippen LogP contribution in [0.5, 0.6) is 17.5 Å². The second kappa shape index (κ2) is 23.5. The van der Waals surface area contributed by atoms with E-state index in [0.717, 1.165) is 42.8 Å². The van der Waals surface area contributed by atoms with Gasteiger partial charge in [-0.15, -0.1) is 5.10 Å². The Morgan fingerprint density at radius 1 is 0.901 bits per heavy atom. The maximum absolute atomic E-state index is 15.7. The average Bonchev–Trinajstić information content (AvgIpc) is 4.27. The number of phenolic OH excluding ortho intramolecular Hbond substituents is 1. The van der Waals surface area contributed by atoms with Crippen LogP contribution in [0.1, 0.15) is 75.7 Å². The lowest BCUT2D eigenvalue weighted by molar-refractivity contribution is -0.142. The Bertz CT molecular complexity index is 3560. The van der Waals surface area contributed by atoms with Crippen LogP contribution in [0.15, 0.2) is 110 Å². The average molecular weight is 1100 g/mol. The van der Waals surface area contributed by atoms with Crippen molar-refractivity contribution in [3.05, 3.63) is 132 Å². The van der Waals surface area contributed by atoms with Gasteiger partial charge in [0.15, 0.2) is 5.75 Å². The van der Waals surface area contributed by atoms with E-state index in [4.69, 9.17) is 29.2 Å². The Kier molecular flexibility index (Phi) is 15.9. The number of amides is 2. The third-order valence-electron chi connectivity index (χ3n) is 15.7. The van der Waals surface area contributed by atoms with Gasteiger partial charge < -0.3 is 50.0 Å². The highest BCUT2D eigenvalue weighted by Crippen LogP contribution is 2.44. The zero-order valence-corrected chi connectivity index (χ0v) is 45.9. The fourth-order valence-electron chi connectivity index (χ4n) is 11.5. The van der Waals surface area contributed by atoms with E-state index in [1.165, 1.54) is 15.6 Å². The van der Waals surface area contributed by atoms with E-state index in [1.807, 2.05) is 94.4 Å². The summed E-state index contributed by atoms with van der Waals surface area (Å²) in [6, 6.07) is 24.9. The van der Waals surface area contributed by atoms with Gasteiger partial charge in [-0.2, -0.15) is 9.97 Å². The number of fused-ring (bicyclic) bond motifs is 4. The first kappa shape index (κ1) is 54.8. The summed E-state index contributed by atoms with van der Waals surface area (Å²) in [5.41, 5.74) is 6.03. The van der Waals surface area contributed by atoms with Crippen LogP contribution in [-0.4, -0.2) is 137 Å². The standard InChI is InChI=1S/C61H66FN11O8/c1-6-45-48(62)21-18-40-23-43(75)24-46(53(40)45)54-57(55-47(26-64-54)58(68-61(67-55)81-32-35(4)79-5)71-27-41-19-20-42(28-71)65-41)80-33-36-10-12-38(13-11-36)50-30-73(70-69-50)56(34(2)3)60(78)72-29-44(76)25-52(72)59(77)66-51(31-74)39-16-14-37(15-17-39)49-9-7-8-22-63-49/h7-18,21-24,26,30,34-35,41-42,44,51-52,56,65,74-76H,6,19-20,25,27-29,31-33H2,1-5H3,(H,66,77)/t35-,41?,42?,44+,51-,52-,56-/m0/s1. The number of hydrogen-bond donors (Lipinski definition) is 5. The van der Waals surface area contributed by atoms with E-state index in [9.17, 15) is 24.9 Å². The number of piperazine rings is 1. The fourth-order valence-corrected chi connectivity index (χ4v) is 11.5. The lowest BCUT2D eigenvalue weighted by Gasteiger charge is -2.34. The number of β-amino-alcohol motifs (C(OH)–C–C–N with tert-alkyl or cyclic N) is 1. The SMILES string of the molecule is CCc1c(F)ccc2cc(O)cc(-c3ncc4c(N5CC6CCC(C5)N6)nc(OC[C@H](C)OC)nc4c3OCc3ccc(-c4cn([C@H](C(=O)N5C[C@H](O)C[C@H]5C(=O)N[C@@H](CO)c5ccc(-c6ccccn6)cc5)C(C)C)nn4)cc3)c12. The summed E-state index contributed by atoms with van der Waals surface area (Å²) in [6.07, 6.45) is 6.45. The van der Waals surface area contributed by atoms with E-state index in [1.54, 1.807) is 43.9 Å². The minimum absolute atomic E-state index is 0.0254. The summed E-state index contributed by atoms with van der Waals surface area (Å²) in [4.78, 5) is 51.7. The third-order valence-corrected chi connectivity index (χ3v) is 15.7. The van der Waals surface area contributed by atoms with Gasteiger partial charge in [-0.25, -0.2) is 9.07 Å². The van der Waals surface area contributed by atoms with Crippen molar-refractivity contribution in [2.75, 3.05) is 44.9 Å². The minimum Gasteiger partial charge on any atom is -0.508 e. The smallest absolute Gasteiger partial charge is 0.319 e. The number of aliphatic hydroxyl groups is 2. The number of benzene rings is 4. The Balaban J connectivity index is 0.865. The van der Waals surface area contributed by atoms with E-state index in [-0.39, 0.29) is 62.4 Å². The number of halogens is 1. The third kappa shape index (κ3) is 11.3. The molecule has 0 saturated carbocycles. The van der Waals surface area contributed by atoms with Gasteiger partial charge in [-0.05, 0) is 89.9 Å². The monoisotopic (exact) mass is 1100 g/mol. The number of aromatic nitrogens is 7. The number of aromatic hydroxyl groups is 1. The second-order valence-corrected chi connectivity index (χ2v) is 21.6. The lowest BCUT2D eigenvalue weighted by atomic mass is 9.94. The van der Waals surface area contributed by atoms with Crippen LogP contribution in [0.2, 0.25) is 0 Å².